The number of hydrogen-bond acceptors (Lipinski definition) is 2. The molecule has 22 heavy (non-hydrogen) atoms. The monoisotopic (exact) mass is 324 g/mol. The van der Waals surface area contributed by atoms with E-state index in [0.717, 1.165) is 23.8 Å². The van der Waals surface area contributed by atoms with Crippen LogP contribution in [0.4, 0.5) is 4.39 Å². The normalized spacial score (nSPS) is 21.4. The van der Waals surface area contributed by atoms with Crippen LogP contribution in [0.2, 0.25) is 5.02 Å². The predicted molar refractivity (Wildman–Crippen MR) is 83.5 cm³/mol. The van der Waals surface area contributed by atoms with Gasteiger partial charge in [-0.1, -0.05) is 11.6 Å². The van der Waals surface area contributed by atoms with Crippen LogP contribution in [-0.4, -0.2) is 29.6 Å². The summed E-state index contributed by atoms with van der Waals surface area (Å²) in [7, 11) is 0. The van der Waals surface area contributed by atoms with Gasteiger partial charge in [-0.3, -0.25) is 4.79 Å². The molecule has 0 bridgehead atoms. The average Bonchev–Trinajstić information content (AvgIpc) is 3.07. The van der Waals surface area contributed by atoms with Gasteiger partial charge in [-0.15, -0.1) is 0 Å². The van der Waals surface area contributed by atoms with Crippen molar-refractivity contribution >= 4 is 28.4 Å². The average molecular weight is 325 g/mol. The molecule has 1 aromatic heterocycles. The molecule has 0 spiro atoms. The number of nitrogens with one attached hydrogen (secondary N) is 2. The second-order valence-corrected chi connectivity index (χ2v) is 6.09. The van der Waals surface area contributed by atoms with Gasteiger partial charge in [-0.05, 0) is 43.9 Å². The van der Waals surface area contributed by atoms with E-state index in [9.17, 15) is 9.18 Å². The molecule has 2 heterocycles. The molecule has 0 radical (unpaired) electrons. The highest BCUT2D eigenvalue weighted by Gasteiger charge is 2.27. The fourth-order valence-electron chi connectivity index (χ4n) is 2.81. The first kappa shape index (κ1) is 15.3. The number of carbonyl (C=O) groups excluding carboxylic acids is 1. The number of carbonyl (C=O) groups is 1. The lowest BCUT2D eigenvalue weighted by Gasteiger charge is -2.11. The number of benzene rings is 1. The summed E-state index contributed by atoms with van der Waals surface area (Å²) in [4.78, 5) is 15.0. The lowest BCUT2D eigenvalue weighted by molar-refractivity contribution is -0.131. The highest BCUT2D eigenvalue weighted by Crippen LogP contribution is 2.25. The summed E-state index contributed by atoms with van der Waals surface area (Å²) < 4.78 is 18.9. The number of halogens is 2. The number of aromatic nitrogens is 1. The van der Waals surface area contributed by atoms with Gasteiger partial charge < -0.3 is 15.0 Å². The van der Waals surface area contributed by atoms with Gasteiger partial charge >= 0.3 is 0 Å². The molecule has 1 aromatic carbocycles. The number of rotatable bonds is 4. The Morgan fingerprint density at radius 2 is 2.32 bits per heavy atom. The molecule has 2 N–H and O–H groups in total. The van der Waals surface area contributed by atoms with Crippen molar-refractivity contribution in [2.75, 3.05) is 6.54 Å². The minimum atomic E-state index is -0.441. The molecule has 118 valence electrons. The van der Waals surface area contributed by atoms with E-state index in [0.29, 0.717) is 18.5 Å². The molecule has 1 fully saturated rings. The SMILES string of the molecule is C[C@H]1CC[C@@H](C(=O)NCCc2c[nH]c3cc(F)c(Cl)cc23)O1. The Labute approximate surface area is 133 Å². The summed E-state index contributed by atoms with van der Waals surface area (Å²) in [6.07, 6.45) is 3.99. The number of amides is 1. The minimum absolute atomic E-state index is 0.0618. The van der Waals surface area contributed by atoms with Crippen molar-refractivity contribution in [2.45, 2.75) is 38.4 Å². The van der Waals surface area contributed by atoms with Crippen LogP contribution in [0.5, 0.6) is 0 Å². The predicted octanol–water partition coefficient (Wildman–Crippen LogP) is 3.19. The van der Waals surface area contributed by atoms with Crippen LogP contribution in [0, 0.1) is 5.82 Å². The van der Waals surface area contributed by atoms with Crippen LogP contribution in [0.1, 0.15) is 25.3 Å². The smallest absolute Gasteiger partial charge is 0.249 e. The molecule has 3 rings (SSSR count). The van der Waals surface area contributed by atoms with Gasteiger partial charge in [0.15, 0.2) is 0 Å². The minimum Gasteiger partial charge on any atom is -0.365 e. The molecule has 1 aliphatic rings. The number of aromatic amines is 1. The Morgan fingerprint density at radius 3 is 3.05 bits per heavy atom. The van der Waals surface area contributed by atoms with Crippen molar-refractivity contribution in [1.82, 2.24) is 10.3 Å². The summed E-state index contributed by atoms with van der Waals surface area (Å²) >= 11 is 5.83. The van der Waals surface area contributed by atoms with Crippen molar-refractivity contribution in [1.29, 1.82) is 0 Å². The van der Waals surface area contributed by atoms with Crippen molar-refractivity contribution in [3.8, 4) is 0 Å². The Kier molecular flexibility index (Phi) is 4.36. The van der Waals surface area contributed by atoms with E-state index in [1.165, 1.54) is 6.07 Å². The van der Waals surface area contributed by atoms with E-state index < -0.39 is 5.82 Å². The number of ether oxygens (including phenoxy) is 1. The van der Waals surface area contributed by atoms with Gasteiger partial charge in [0.05, 0.1) is 11.1 Å². The molecule has 2 atom stereocenters. The van der Waals surface area contributed by atoms with E-state index in [4.69, 9.17) is 16.3 Å². The zero-order chi connectivity index (χ0) is 15.7. The molecular weight excluding hydrogens is 307 g/mol. The third-order valence-corrected chi connectivity index (χ3v) is 4.32. The lowest BCUT2D eigenvalue weighted by Crippen LogP contribution is -2.35. The highest BCUT2D eigenvalue weighted by atomic mass is 35.5. The van der Waals surface area contributed by atoms with Gasteiger partial charge in [-0.25, -0.2) is 4.39 Å². The first-order valence-corrected chi connectivity index (χ1v) is 7.80. The maximum atomic E-state index is 13.4. The van der Waals surface area contributed by atoms with E-state index in [1.807, 2.05) is 13.1 Å². The molecule has 1 aliphatic heterocycles. The summed E-state index contributed by atoms with van der Waals surface area (Å²) in [5.41, 5.74) is 1.70. The van der Waals surface area contributed by atoms with E-state index in [2.05, 4.69) is 10.3 Å². The maximum Gasteiger partial charge on any atom is 0.249 e. The van der Waals surface area contributed by atoms with Crippen molar-refractivity contribution in [3.05, 3.63) is 34.7 Å². The fraction of sp³-hybridized carbons (Fsp3) is 0.438. The first-order valence-electron chi connectivity index (χ1n) is 7.43. The lowest BCUT2D eigenvalue weighted by atomic mass is 10.1. The fourth-order valence-corrected chi connectivity index (χ4v) is 2.97. The summed E-state index contributed by atoms with van der Waals surface area (Å²) in [5, 5.41) is 3.87. The molecule has 0 saturated carbocycles. The standard InChI is InChI=1S/C16H18ClFN2O2/c1-9-2-3-15(22-9)16(21)19-5-4-10-8-20-14-7-13(18)12(17)6-11(10)14/h6-9,15,20H,2-5H2,1H3,(H,19,21)/t9-,15-/m0/s1. The molecular formula is C16H18ClFN2O2. The zero-order valence-corrected chi connectivity index (χ0v) is 13.0. The van der Waals surface area contributed by atoms with Gasteiger partial charge in [0.2, 0.25) is 5.91 Å². The van der Waals surface area contributed by atoms with E-state index >= 15 is 0 Å². The second-order valence-electron chi connectivity index (χ2n) is 5.68. The van der Waals surface area contributed by atoms with Gasteiger partial charge in [0.25, 0.3) is 0 Å². The molecule has 0 aliphatic carbocycles. The van der Waals surface area contributed by atoms with Crippen molar-refractivity contribution in [2.24, 2.45) is 0 Å². The third-order valence-electron chi connectivity index (χ3n) is 4.03. The summed E-state index contributed by atoms with van der Waals surface area (Å²) in [6.45, 7) is 2.48. The van der Waals surface area contributed by atoms with Crippen molar-refractivity contribution in [3.63, 3.8) is 0 Å². The summed E-state index contributed by atoms with van der Waals surface area (Å²) in [5.74, 6) is -0.503. The third kappa shape index (κ3) is 3.10. The Morgan fingerprint density at radius 1 is 1.50 bits per heavy atom. The van der Waals surface area contributed by atoms with Crippen LogP contribution >= 0.6 is 11.6 Å². The molecule has 2 aromatic rings. The van der Waals surface area contributed by atoms with Crippen LogP contribution in [0.15, 0.2) is 18.3 Å². The number of hydrogen-bond donors (Lipinski definition) is 2. The largest absolute Gasteiger partial charge is 0.365 e. The Hall–Kier alpha value is -1.59. The number of H-pyrrole nitrogens is 1. The zero-order valence-electron chi connectivity index (χ0n) is 12.3. The number of fused-ring (bicyclic) bond motifs is 1. The Bertz CT molecular complexity index is 701. The van der Waals surface area contributed by atoms with Crippen LogP contribution in [0.3, 0.4) is 0 Å². The van der Waals surface area contributed by atoms with Gasteiger partial charge in [0, 0.05) is 23.6 Å². The van der Waals surface area contributed by atoms with Crippen LogP contribution < -0.4 is 5.32 Å². The summed E-state index contributed by atoms with van der Waals surface area (Å²) in [6, 6.07) is 3.00. The topological polar surface area (TPSA) is 54.1 Å². The van der Waals surface area contributed by atoms with E-state index in [-0.39, 0.29) is 23.1 Å². The van der Waals surface area contributed by atoms with E-state index in [1.54, 1.807) is 6.07 Å². The highest BCUT2D eigenvalue weighted by molar-refractivity contribution is 6.31. The Balaban J connectivity index is 1.60. The van der Waals surface area contributed by atoms with Crippen molar-refractivity contribution < 1.29 is 13.9 Å². The maximum absolute atomic E-state index is 13.4. The molecule has 1 saturated heterocycles. The molecule has 0 unspecified atom stereocenters. The molecule has 4 nitrogen and oxygen atoms in total. The van der Waals surface area contributed by atoms with Crippen LogP contribution in [-0.2, 0) is 16.0 Å². The quantitative estimate of drug-likeness (QED) is 0.907. The van der Waals surface area contributed by atoms with Gasteiger partial charge in [0.1, 0.15) is 11.9 Å². The molecule has 1 amide bonds. The van der Waals surface area contributed by atoms with Crippen LogP contribution in [0.25, 0.3) is 10.9 Å². The van der Waals surface area contributed by atoms with Gasteiger partial charge in [-0.2, -0.15) is 0 Å². The first-order chi connectivity index (χ1) is 10.5. The molecule has 6 heteroatoms. The second kappa shape index (κ2) is 6.26.